The highest BCUT2D eigenvalue weighted by Gasteiger charge is 2.30. The Balaban J connectivity index is 1.98. The zero-order chi connectivity index (χ0) is 15.2. The number of ether oxygens (including phenoxy) is 1. The summed E-state index contributed by atoms with van der Waals surface area (Å²) in [5, 5.41) is 3.16. The van der Waals surface area contributed by atoms with Crippen LogP contribution in [0.4, 0.5) is 4.79 Å². The fourth-order valence-electron chi connectivity index (χ4n) is 2.08. The van der Waals surface area contributed by atoms with E-state index in [4.69, 9.17) is 16.3 Å². The maximum absolute atomic E-state index is 12.2. The second kappa shape index (κ2) is 7.56. The van der Waals surface area contributed by atoms with Gasteiger partial charge in [0, 0.05) is 17.3 Å². The van der Waals surface area contributed by atoms with E-state index in [0.717, 1.165) is 11.3 Å². The molecule has 1 aliphatic heterocycles. The first-order valence-electron chi connectivity index (χ1n) is 6.69. The van der Waals surface area contributed by atoms with Crippen LogP contribution in [-0.2, 0) is 9.53 Å². The number of hydrogen-bond donors (Lipinski definition) is 1. The Morgan fingerprint density at radius 1 is 1.52 bits per heavy atom. The van der Waals surface area contributed by atoms with Crippen LogP contribution in [0.3, 0.4) is 0 Å². The predicted octanol–water partition coefficient (Wildman–Crippen LogP) is 2.66. The van der Waals surface area contributed by atoms with E-state index < -0.39 is 5.97 Å². The number of esters is 1. The van der Waals surface area contributed by atoms with E-state index in [2.05, 4.69) is 5.32 Å². The third-order valence-corrected chi connectivity index (χ3v) is 4.47. The largest absolute Gasteiger partial charge is 0.465 e. The number of benzene rings is 1. The monoisotopic (exact) mass is 328 g/mol. The van der Waals surface area contributed by atoms with Crippen molar-refractivity contribution >= 4 is 35.4 Å². The van der Waals surface area contributed by atoms with Gasteiger partial charge >= 0.3 is 12.0 Å². The number of urea groups is 1. The van der Waals surface area contributed by atoms with Gasteiger partial charge in [-0.1, -0.05) is 23.7 Å². The van der Waals surface area contributed by atoms with Gasteiger partial charge in [0.05, 0.1) is 6.61 Å². The maximum Gasteiger partial charge on any atom is 0.325 e. The molecule has 1 aliphatic rings. The molecule has 0 unspecified atom stereocenters. The van der Waals surface area contributed by atoms with Crippen LogP contribution in [0.15, 0.2) is 24.3 Å². The second-order valence-electron chi connectivity index (χ2n) is 4.44. The molecule has 1 heterocycles. The lowest BCUT2D eigenvalue weighted by molar-refractivity contribution is -0.141. The Kier molecular flexibility index (Phi) is 5.76. The second-order valence-corrected chi connectivity index (χ2v) is 6.06. The Hall–Kier alpha value is -1.40. The van der Waals surface area contributed by atoms with E-state index >= 15 is 0 Å². The summed E-state index contributed by atoms with van der Waals surface area (Å²) < 4.78 is 4.79. The van der Waals surface area contributed by atoms with Gasteiger partial charge in [0.1, 0.15) is 11.9 Å². The molecule has 1 aromatic rings. The molecule has 1 aromatic carbocycles. The Labute approximate surface area is 133 Å². The smallest absolute Gasteiger partial charge is 0.325 e. The minimum absolute atomic E-state index is 0.0779. The SMILES string of the molecule is CCOC(=O)CNC(=O)N1CCS[C@H]1c1cccc(Cl)c1. The highest BCUT2D eigenvalue weighted by Crippen LogP contribution is 2.38. The van der Waals surface area contributed by atoms with E-state index in [-0.39, 0.29) is 17.9 Å². The van der Waals surface area contributed by atoms with Gasteiger partial charge in [-0.05, 0) is 24.6 Å². The van der Waals surface area contributed by atoms with Crippen molar-refractivity contribution in [2.75, 3.05) is 25.4 Å². The van der Waals surface area contributed by atoms with Crippen molar-refractivity contribution in [1.29, 1.82) is 0 Å². The van der Waals surface area contributed by atoms with Gasteiger partial charge in [-0.2, -0.15) is 0 Å². The molecule has 1 atom stereocenters. The molecule has 2 amide bonds. The average molecular weight is 329 g/mol. The van der Waals surface area contributed by atoms with Crippen molar-refractivity contribution in [2.24, 2.45) is 0 Å². The zero-order valence-corrected chi connectivity index (χ0v) is 13.2. The summed E-state index contributed by atoms with van der Waals surface area (Å²) in [6, 6.07) is 7.20. The number of rotatable bonds is 4. The fourth-order valence-corrected chi connectivity index (χ4v) is 3.52. The van der Waals surface area contributed by atoms with Crippen LogP contribution in [0, 0.1) is 0 Å². The standard InChI is InChI=1S/C14H17ClN2O3S/c1-2-20-12(18)9-16-14(19)17-6-7-21-13(17)10-4-3-5-11(15)8-10/h3-5,8,13H,2,6-7,9H2,1H3,(H,16,19)/t13-/m0/s1. The van der Waals surface area contributed by atoms with Crippen molar-refractivity contribution in [3.63, 3.8) is 0 Å². The van der Waals surface area contributed by atoms with Crippen molar-refractivity contribution in [3.05, 3.63) is 34.9 Å². The van der Waals surface area contributed by atoms with Crippen molar-refractivity contribution < 1.29 is 14.3 Å². The summed E-state index contributed by atoms with van der Waals surface area (Å²) in [5.41, 5.74) is 0.983. The number of nitrogens with one attached hydrogen (secondary N) is 1. The fraction of sp³-hybridized carbons (Fsp3) is 0.429. The lowest BCUT2D eigenvalue weighted by Crippen LogP contribution is -2.41. The molecule has 21 heavy (non-hydrogen) atoms. The molecule has 0 bridgehead atoms. The maximum atomic E-state index is 12.2. The first-order valence-corrected chi connectivity index (χ1v) is 8.11. The number of thioether (sulfide) groups is 1. The Bertz CT molecular complexity index is 527. The highest BCUT2D eigenvalue weighted by atomic mass is 35.5. The van der Waals surface area contributed by atoms with E-state index in [1.54, 1.807) is 29.7 Å². The van der Waals surface area contributed by atoms with Crippen molar-refractivity contribution in [1.82, 2.24) is 10.2 Å². The molecule has 0 aromatic heterocycles. The van der Waals surface area contributed by atoms with E-state index in [9.17, 15) is 9.59 Å². The molecule has 5 nitrogen and oxygen atoms in total. The normalized spacial score (nSPS) is 17.6. The third-order valence-electron chi connectivity index (χ3n) is 2.97. The summed E-state index contributed by atoms with van der Waals surface area (Å²) in [5.74, 6) is 0.418. The minimum Gasteiger partial charge on any atom is -0.465 e. The van der Waals surface area contributed by atoms with Crippen LogP contribution >= 0.6 is 23.4 Å². The Morgan fingerprint density at radius 2 is 2.33 bits per heavy atom. The van der Waals surface area contributed by atoms with Crippen molar-refractivity contribution in [2.45, 2.75) is 12.3 Å². The molecule has 0 saturated carbocycles. The lowest BCUT2D eigenvalue weighted by Gasteiger charge is -2.24. The molecule has 1 fully saturated rings. The Morgan fingerprint density at radius 3 is 3.05 bits per heavy atom. The van der Waals surface area contributed by atoms with Crippen LogP contribution < -0.4 is 5.32 Å². The molecular weight excluding hydrogens is 312 g/mol. The van der Waals surface area contributed by atoms with Crippen LogP contribution in [-0.4, -0.2) is 42.3 Å². The first-order chi connectivity index (χ1) is 10.1. The number of carbonyl (C=O) groups is 2. The lowest BCUT2D eigenvalue weighted by atomic mass is 10.2. The highest BCUT2D eigenvalue weighted by molar-refractivity contribution is 7.99. The molecule has 7 heteroatoms. The number of hydrogen-bond acceptors (Lipinski definition) is 4. The summed E-state index contributed by atoms with van der Waals surface area (Å²) in [6.07, 6.45) is 0. The number of nitrogens with zero attached hydrogens (tertiary/aromatic N) is 1. The summed E-state index contributed by atoms with van der Waals surface area (Å²) in [6.45, 7) is 2.55. The summed E-state index contributed by atoms with van der Waals surface area (Å²) in [4.78, 5) is 25.2. The molecule has 0 radical (unpaired) electrons. The van der Waals surface area contributed by atoms with Crippen LogP contribution in [0.2, 0.25) is 5.02 Å². The van der Waals surface area contributed by atoms with Gasteiger partial charge in [0.15, 0.2) is 0 Å². The van der Waals surface area contributed by atoms with Crippen LogP contribution in [0.1, 0.15) is 17.9 Å². The minimum atomic E-state index is -0.433. The van der Waals surface area contributed by atoms with Crippen LogP contribution in [0.5, 0.6) is 0 Å². The molecule has 114 valence electrons. The number of carbonyl (C=O) groups excluding carboxylic acids is 2. The van der Waals surface area contributed by atoms with Crippen LogP contribution in [0.25, 0.3) is 0 Å². The topological polar surface area (TPSA) is 58.6 Å². The van der Waals surface area contributed by atoms with Gasteiger partial charge in [0.2, 0.25) is 0 Å². The summed E-state index contributed by atoms with van der Waals surface area (Å²) >= 11 is 7.67. The summed E-state index contributed by atoms with van der Waals surface area (Å²) in [7, 11) is 0. The molecular formula is C14H17ClN2O3S. The zero-order valence-electron chi connectivity index (χ0n) is 11.7. The third kappa shape index (κ3) is 4.28. The molecule has 0 spiro atoms. The first kappa shape index (κ1) is 16.0. The van der Waals surface area contributed by atoms with Crippen molar-refractivity contribution in [3.8, 4) is 0 Å². The molecule has 2 rings (SSSR count). The molecule has 1 saturated heterocycles. The van der Waals surface area contributed by atoms with Gasteiger partial charge < -0.3 is 15.0 Å². The van der Waals surface area contributed by atoms with E-state index in [0.29, 0.717) is 18.2 Å². The number of amides is 2. The molecule has 1 N–H and O–H groups in total. The van der Waals surface area contributed by atoms with E-state index in [1.807, 2.05) is 18.2 Å². The van der Waals surface area contributed by atoms with E-state index in [1.165, 1.54) is 0 Å². The molecule has 0 aliphatic carbocycles. The van der Waals surface area contributed by atoms with Gasteiger partial charge in [-0.25, -0.2) is 4.79 Å². The number of halogens is 1. The predicted molar refractivity (Wildman–Crippen MR) is 83.4 cm³/mol. The van der Waals surface area contributed by atoms with Gasteiger partial charge in [-0.15, -0.1) is 11.8 Å². The van der Waals surface area contributed by atoms with Gasteiger partial charge in [-0.3, -0.25) is 4.79 Å². The van der Waals surface area contributed by atoms with Gasteiger partial charge in [0.25, 0.3) is 0 Å². The average Bonchev–Trinajstić information content (AvgIpc) is 2.94. The quantitative estimate of drug-likeness (QED) is 0.863.